The lowest BCUT2D eigenvalue weighted by atomic mass is 10.1. The van der Waals surface area contributed by atoms with Crippen molar-refractivity contribution >= 4 is 11.6 Å². The van der Waals surface area contributed by atoms with E-state index in [0.717, 1.165) is 23.8 Å². The maximum Gasteiger partial charge on any atom is 0.331 e. The van der Waals surface area contributed by atoms with Gasteiger partial charge in [0.25, 0.3) is 5.56 Å². The van der Waals surface area contributed by atoms with E-state index in [9.17, 15) is 18.8 Å². The molecule has 1 aliphatic heterocycles. The van der Waals surface area contributed by atoms with Crippen molar-refractivity contribution in [1.82, 2.24) is 19.3 Å². The van der Waals surface area contributed by atoms with E-state index >= 15 is 0 Å². The van der Waals surface area contributed by atoms with Crippen LogP contribution in [0.2, 0.25) is 0 Å². The first-order valence-electron chi connectivity index (χ1n) is 10.1. The number of carbonyl (C=O) groups is 1. The lowest BCUT2D eigenvalue weighted by molar-refractivity contribution is -0.116. The van der Waals surface area contributed by atoms with Crippen LogP contribution < -0.4 is 16.6 Å². The fraction of sp³-hybridized carbons (Fsp3) is 0.381. The lowest BCUT2D eigenvalue weighted by Crippen LogP contribution is -2.44. The summed E-state index contributed by atoms with van der Waals surface area (Å²) in [6, 6.07) is 4.27. The third-order valence-corrected chi connectivity index (χ3v) is 5.34. The van der Waals surface area contributed by atoms with Crippen LogP contribution in [-0.2, 0) is 24.3 Å². The Balaban J connectivity index is 1.76. The first-order chi connectivity index (χ1) is 14.8. The van der Waals surface area contributed by atoms with Crippen LogP contribution in [0, 0.1) is 19.7 Å². The van der Waals surface area contributed by atoms with Crippen molar-refractivity contribution in [2.45, 2.75) is 52.6 Å². The van der Waals surface area contributed by atoms with Gasteiger partial charge in [-0.25, -0.2) is 9.18 Å². The van der Waals surface area contributed by atoms with Crippen LogP contribution >= 0.6 is 0 Å². The van der Waals surface area contributed by atoms with Gasteiger partial charge >= 0.3 is 5.69 Å². The molecule has 31 heavy (non-hydrogen) atoms. The number of aromatic nitrogens is 4. The predicted molar refractivity (Wildman–Crippen MR) is 110 cm³/mol. The highest BCUT2D eigenvalue weighted by Gasteiger charge is 2.25. The molecule has 0 saturated heterocycles. The van der Waals surface area contributed by atoms with Crippen molar-refractivity contribution in [3.05, 3.63) is 62.0 Å². The normalized spacial score (nSPS) is 13.5. The highest BCUT2D eigenvalue weighted by molar-refractivity contribution is 5.90. The van der Waals surface area contributed by atoms with E-state index < -0.39 is 29.5 Å². The third-order valence-electron chi connectivity index (χ3n) is 5.34. The molecule has 0 saturated carbocycles. The van der Waals surface area contributed by atoms with Crippen molar-refractivity contribution in [3.8, 4) is 11.4 Å². The van der Waals surface area contributed by atoms with Gasteiger partial charge < -0.3 is 9.84 Å². The predicted octanol–water partition coefficient (Wildman–Crippen LogP) is 2.18. The Morgan fingerprint density at radius 1 is 1.23 bits per heavy atom. The zero-order chi connectivity index (χ0) is 22.1. The van der Waals surface area contributed by atoms with Gasteiger partial charge in [0.1, 0.15) is 17.9 Å². The van der Waals surface area contributed by atoms with Gasteiger partial charge in [0, 0.05) is 24.8 Å². The van der Waals surface area contributed by atoms with E-state index in [4.69, 9.17) is 4.52 Å². The molecule has 0 fully saturated rings. The van der Waals surface area contributed by atoms with Crippen LogP contribution in [0.1, 0.15) is 36.4 Å². The minimum absolute atomic E-state index is 0.0999. The van der Waals surface area contributed by atoms with E-state index in [1.165, 1.54) is 16.7 Å². The van der Waals surface area contributed by atoms with Crippen molar-refractivity contribution in [2.24, 2.45) is 0 Å². The van der Waals surface area contributed by atoms with Crippen LogP contribution in [0.4, 0.5) is 10.1 Å². The van der Waals surface area contributed by atoms with E-state index in [2.05, 4.69) is 15.5 Å². The SMILES string of the molecule is Cc1nc(-c2c3n(c(=O)n(CC(=O)Nc4ccc(C)c(F)c4)c2=O)CCCCC3)no1. The maximum atomic E-state index is 13.8. The average Bonchev–Trinajstić information content (AvgIpc) is 3.00. The molecule has 1 aliphatic rings. The van der Waals surface area contributed by atoms with Gasteiger partial charge in [0.05, 0.1) is 0 Å². The Hall–Kier alpha value is -3.56. The van der Waals surface area contributed by atoms with Crippen LogP contribution in [0.5, 0.6) is 0 Å². The van der Waals surface area contributed by atoms with Crippen molar-refractivity contribution in [2.75, 3.05) is 5.32 Å². The number of fused-ring (bicyclic) bond motifs is 1. The minimum atomic E-state index is -0.649. The summed E-state index contributed by atoms with van der Waals surface area (Å²) in [5.74, 6) is -0.691. The largest absolute Gasteiger partial charge is 0.339 e. The van der Waals surface area contributed by atoms with Crippen molar-refractivity contribution in [1.29, 1.82) is 0 Å². The second-order valence-corrected chi connectivity index (χ2v) is 7.61. The highest BCUT2D eigenvalue weighted by Crippen LogP contribution is 2.21. The molecule has 0 aliphatic carbocycles. The topological polar surface area (TPSA) is 112 Å². The second kappa shape index (κ2) is 8.29. The van der Waals surface area contributed by atoms with Gasteiger partial charge in [-0.05, 0) is 43.9 Å². The summed E-state index contributed by atoms with van der Waals surface area (Å²) >= 11 is 0. The van der Waals surface area contributed by atoms with Gasteiger partial charge in [0.15, 0.2) is 0 Å². The first kappa shape index (κ1) is 20.7. The summed E-state index contributed by atoms with van der Waals surface area (Å²) in [6.45, 7) is 3.13. The molecule has 1 aromatic carbocycles. The molecule has 162 valence electrons. The van der Waals surface area contributed by atoms with E-state index in [0.29, 0.717) is 30.1 Å². The number of hydrogen-bond donors (Lipinski definition) is 1. The molecule has 1 amide bonds. The summed E-state index contributed by atoms with van der Waals surface area (Å²) < 4.78 is 21.2. The number of aryl methyl sites for hydroxylation is 2. The minimum Gasteiger partial charge on any atom is -0.339 e. The Bertz CT molecular complexity index is 1270. The number of benzene rings is 1. The standard InChI is InChI=1S/C21H22FN5O4/c1-12-7-8-14(10-15(12)22)24-17(28)11-27-20(29)18(19-23-13(2)31-25-19)16-6-4-3-5-9-26(16)21(27)30/h7-8,10H,3-6,9,11H2,1-2H3,(H,24,28). The van der Waals surface area contributed by atoms with Gasteiger partial charge in [-0.15, -0.1) is 0 Å². The number of hydrogen-bond acceptors (Lipinski definition) is 6. The molecule has 0 radical (unpaired) electrons. The maximum absolute atomic E-state index is 13.8. The van der Waals surface area contributed by atoms with Crippen molar-refractivity contribution < 1.29 is 13.7 Å². The second-order valence-electron chi connectivity index (χ2n) is 7.61. The Kier molecular flexibility index (Phi) is 5.53. The first-order valence-corrected chi connectivity index (χ1v) is 10.1. The summed E-state index contributed by atoms with van der Waals surface area (Å²) in [4.78, 5) is 43.1. The molecule has 4 rings (SSSR count). The molecule has 2 aromatic heterocycles. The molecular weight excluding hydrogens is 405 g/mol. The molecule has 0 unspecified atom stereocenters. The molecule has 0 spiro atoms. The van der Waals surface area contributed by atoms with Crippen LogP contribution in [0.15, 0.2) is 32.3 Å². The number of amides is 1. The van der Waals surface area contributed by atoms with Crippen LogP contribution in [0.3, 0.4) is 0 Å². The lowest BCUT2D eigenvalue weighted by Gasteiger charge is -2.16. The zero-order valence-electron chi connectivity index (χ0n) is 17.3. The van der Waals surface area contributed by atoms with Crippen LogP contribution in [-0.4, -0.2) is 25.2 Å². The Morgan fingerprint density at radius 3 is 2.74 bits per heavy atom. The highest BCUT2D eigenvalue weighted by atomic mass is 19.1. The zero-order valence-corrected chi connectivity index (χ0v) is 17.3. The molecular formula is C21H22FN5O4. The number of nitrogens with zero attached hydrogens (tertiary/aromatic N) is 4. The summed E-state index contributed by atoms with van der Waals surface area (Å²) in [5.41, 5.74) is 0.210. The van der Waals surface area contributed by atoms with Gasteiger partial charge in [0.2, 0.25) is 17.6 Å². The number of rotatable bonds is 4. The van der Waals surface area contributed by atoms with E-state index in [-0.39, 0.29) is 17.1 Å². The third kappa shape index (κ3) is 4.05. The smallest absolute Gasteiger partial charge is 0.331 e. The molecule has 9 nitrogen and oxygen atoms in total. The van der Waals surface area contributed by atoms with E-state index in [1.54, 1.807) is 19.9 Å². The molecule has 3 aromatic rings. The van der Waals surface area contributed by atoms with Crippen LogP contribution in [0.25, 0.3) is 11.4 Å². The molecule has 1 N–H and O–H groups in total. The number of carbonyl (C=O) groups excluding carboxylic acids is 1. The Labute approximate surface area is 176 Å². The monoisotopic (exact) mass is 427 g/mol. The fourth-order valence-electron chi connectivity index (χ4n) is 3.75. The molecule has 3 heterocycles. The summed E-state index contributed by atoms with van der Waals surface area (Å²) in [6.07, 6.45) is 3.06. The van der Waals surface area contributed by atoms with Gasteiger partial charge in [-0.2, -0.15) is 4.98 Å². The van der Waals surface area contributed by atoms with Crippen molar-refractivity contribution in [3.63, 3.8) is 0 Å². The van der Waals surface area contributed by atoms with E-state index in [1.807, 2.05) is 0 Å². The summed E-state index contributed by atoms with van der Waals surface area (Å²) in [5, 5.41) is 6.40. The average molecular weight is 427 g/mol. The summed E-state index contributed by atoms with van der Waals surface area (Å²) in [7, 11) is 0. The number of halogens is 1. The quantitative estimate of drug-likeness (QED) is 0.683. The molecule has 0 atom stereocenters. The fourth-order valence-corrected chi connectivity index (χ4v) is 3.75. The molecule has 10 heteroatoms. The molecule has 0 bridgehead atoms. The number of nitrogens with one attached hydrogen (secondary N) is 1. The Morgan fingerprint density at radius 2 is 2.03 bits per heavy atom. The van der Waals surface area contributed by atoms with Gasteiger partial charge in [-0.3, -0.25) is 18.7 Å². The van der Waals surface area contributed by atoms with Gasteiger partial charge in [-0.1, -0.05) is 17.6 Å². The number of anilines is 1.